The van der Waals surface area contributed by atoms with Gasteiger partial charge in [0, 0.05) is 18.5 Å². The highest BCUT2D eigenvalue weighted by Crippen LogP contribution is 2.01. The van der Waals surface area contributed by atoms with Crippen LogP contribution in [0.3, 0.4) is 0 Å². The summed E-state index contributed by atoms with van der Waals surface area (Å²) in [6.45, 7) is 6.46. The molecule has 0 aromatic carbocycles. The Kier molecular flexibility index (Phi) is 4.11. The van der Waals surface area contributed by atoms with Gasteiger partial charge in [-0.05, 0) is 20.3 Å². The molecule has 0 saturated heterocycles. The van der Waals surface area contributed by atoms with Gasteiger partial charge in [-0.15, -0.1) is 0 Å². The monoisotopic (exact) mass is 158 g/mol. The van der Waals surface area contributed by atoms with Gasteiger partial charge in [0.15, 0.2) is 0 Å². The zero-order valence-electron chi connectivity index (χ0n) is 7.61. The van der Waals surface area contributed by atoms with Crippen LogP contribution in [0.5, 0.6) is 0 Å². The average molecular weight is 158 g/mol. The van der Waals surface area contributed by atoms with Crippen LogP contribution in [-0.4, -0.2) is 18.0 Å². The van der Waals surface area contributed by atoms with Crippen LogP contribution in [0.4, 0.5) is 0 Å². The molecule has 3 N–H and O–H groups in total. The Morgan fingerprint density at radius 2 is 2.09 bits per heavy atom. The Hall–Kier alpha value is -0.570. The molecule has 1 amide bonds. The van der Waals surface area contributed by atoms with E-state index in [1.54, 1.807) is 0 Å². The van der Waals surface area contributed by atoms with Crippen LogP contribution in [0, 0.1) is 0 Å². The van der Waals surface area contributed by atoms with E-state index in [4.69, 9.17) is 5.73 Å². The third kappa shape index (κ3) is 7.33. The van der Waals surface area contributed by atoms with E-state index >= 15 is 0 Å². The lowest BCUT2D eigenvalue weighted by Crippen LogP contribution is -2.39. The predicted octanol–water partition coefficient (Wildman–Crippen LogP) is 0.640. The Morgan fingerprint density at radius 1 is 1.55 bits per heavy atom. The SMILES string of the molecule is CCCNC(=O)CC(C)(C)N. The van der Waals surface area contributed by atoms with E-state index in [1.807, 2.05) is 20.8 Å². The lowest BCUT2D eigenvalue weighted by atomic mass is 10.0. The quantitative estimate of drug-likeness (QED) is 0.631. The number of hydrogen-bond donors (Lipinski definition) is 2. The van der Waals surface area contributed by atoms with Crippen molar-refractivity contribution >= 4 is 5.91 Å². The highest BCUT2D eigenvalue weighted by Gasteiger charge is 2.15. The summed E-state index contributed by atoms with van der Waals surface area (Å²) in [5.41, 5.74) is 5.26. The molecule has 3 heteroatoms. The third-order valence-corrected chi connectivity index (χ3v) is 1.19. The molecule has 0 bridgehead atoms. The minimum atomic E-state index is -0.391. The van der Waals surface area contributed by atoms with Crippen molar-refractivity contribution < 1.29 is 4.79 Å². The van der Waals surface area contributed by atoms with Gasteiger partial charge in [0.25, 0.3) is 0 Å². The van der Waals surface area contributed by atoms with Crippen LogP contribution < -0.4 is 11.1 Å². The molecule has 0 unspecified atom stereocenters. The minimum absolute atomic E-state index is 0.0411. The summed E-state index contributed by atoms with van der Waals surface area (Å²) in [4.78, 5) is 11.0. The van der Waals surface area contributed by atoms with Crippen molar-refractivity contribution in [1.82, 2.24) is 5.32 Å². The predicted molar refractivity (Wildman–Crippen MR) is 46.2 cm³/mol. The second kappa shape index (κ2) is 4.34. The molecule has 0 aliphatic rings. The Bertz CT molecular complexity index is 127. The van der Waals surface area contributed by atoms with E-state index in [1.165, 1.54) is 0 Å². The zero-order chi connectivity index (χ0) is 8.91. The topological polar surface area (TPSA) is 55.1 Å². The van der Waals surface area contributed by atoms with Crippen LogP contribution in [0.25, 0.3) is 0 Å². The lowest BCUT2D eigenvalue weighted by Gasteiger charge is -2.17. The van der Waals surface area contributed by atoms with E-state index in [9.17, 15) is 4.79 Å². The summed E-state index contributed by atoms with van der Waals surface area (Å²) in [7, 11) is 0. The average Bonchev–Trinajstić information content (AvgIpc) is 1.79. The largest absolute Gasteiger partial charge is 0.356 e. The number of carbonyl (C=O) groups is 1. The van der Waals surface area contributed by atoms with Gasteiger partial charge in [-0.25, -0.2) is 0 Å². The van der Waals surface area contributed by atoms with Crippen molar-refractivity contribution in [3.63, 3.8) is 0 Å². The van der Waals surface area contributed by atoms with Gasteiger partial charge >= 0.3 is 0 Å². The fourth-order valence-electron chi connectivity index (χ4n) is 0.741. The third-order valence-electron chi connectivity index (χ3n) is 1.19. The Labute approximate surface area is 68.3 Å². The Morgan fingerprint density at radius 3 is 2.45 bits per heavy atom. The van der Waals surface area contributed by atoms with Crippen LogP contribution in [0.1, 0.15) is 33.6 Å². The maximum atomic E-state index is 11.0. The Balaban J connectivity index is 3.53. The van der Waals surface area contributed by atoms with Gasteiger partial charge in [-0.2, -0.15) is 0 Å². The lowest BCUT2D eigenvalue weighted by molar-refractivity contribution is -0.121. The summed E-state index contributed by atoms with van der Waals surface area (Å²) in [5, 5.41) is 2.77. The first-order valence-corrected chi connectivity index (χ1v) is 4.01. The number of hydrogen-bond acceptors (Lipinski definition) is 2. The van der Waals surface area contributed by atoms with Gasteiger partial charge in [0.05, 0.1) is 0 Å². The summed E-state index contributed by atoms with van der Waals surface area (Å²) in [6.07, 6.45) is 1.36. The number of nitrogens with one attached hydrogen (secondary N) is 1. The standard InChI is InChI=1S/C8H18N2O/c1-4-5-10-7(11)6-8(2,3)9/h4-6,9H2,1-3H3,(H,10,11). The summed E-state index contributed by atoms with van der Waals surface area (Å²) in [5.74, 6) is 0.0411. The van der Waals surface area contributed by atoms with Crippen LogP contribution in [-0.2, 0) is 4.79 Å². The number of amides is 1. The molecule has 0 radical (unpaired) electrons. The molecular weight excluding hydrogens is 140 g/mol. The molecule has 0 atom stereocenters. The second-order valence-electron chi connectivity index (χ2n) is 3.52. The molecule has 0 aromatic rings. The zero-order valence-corrected chi connectivity index (χ0v) is 7.61. The molecule has 0 spiro atoms. The molecule has 0 aromatic heterocycles. The van der Waals surface area contributed by atoms with E-state index in [0.717, 1.165) is 13.0 Å². The van der Waals surface area contributed by atoms with E-state index in [0.29, 0.717) is 6.42 Å². The molecule has 3 nitrogen and oxygen atoms in total. The van der Waals surface area contributed by atoms with Crippen molar-refractivity contribution in [2.75, 3.05) is 6.54 Å². The maximum Gasteiger partial charge on any atom is 0.221 e. The summed E-state index contributed by atoms with van der Waals surface area (Å²) >= 11 is 0. The van der Waals surface area contributed by atoms with E-state index < -0.39 is 5.54 Å². The molecule has 0 saturated carbocycles. The van der Waals surface area contributed by atoms with Gasteiger partial charge in [0.1, 0.15) is 0 Å². The van der Waals surface area contributed by atoms with Crippen LogP contribution in [0.2, 0.25) is 0 Å². The summed E-state index contributed by atoms with van der Waals surface area (Å²) < 4.78 is 0. The first-order chi connectivity index (χ1) is 4.95. The maximum absolute atomic E-state index is 11.0. The smallest absolute Gasteiger partial charge is 0.221 e. The molecule has 0 heterocycles. The highest BCUT2D eigenvalue weighted by atomic mass is 16.1. The number of nitrogens with two attached hydrogens (primary N) is 1. The van der Waals surface area contributed by atoms with Crippen molar-refractivity contribution in [3.05, 3.63) is 0 Å². The van der Waals surface area contributed by atoms with Gasteiger partial charge < -0.3 is 11.1 Å². The van der Waals surface area contributed by atoms with Crippen molar-refractivity contribution in [2.45, 2.75) is 39.2 Å². The first kappa shape index (κ1) is 10.4. The molecule has 0 rings (SSSR count). The fourth-order valence-corrected chi connectivity index (χ4v) is 0.741. The minimum Gasteiger partial charge on any atom is -0.356 e. The molecule has 0 aliphatic carbocycles. The number of rotatable bonds is 4. The molecule has 11 heavy (non-hydrogen) atoms. The molecule has 0 fully saturated rings. The highest BCUT2D eigenvalue weighted by molar-refractivity contribution is 5.76. The number of carbonyl (C=O) groups excluding carboxylic acids is 1. The summed E-state index contributed by atoms with van der Waals surface area (Å²) in [6, 6.07) is 0. The normalized spacial score (nSPS) is 11.3. The van der Waals surface area contributed by atoms with E-state index in [-0.39, 0.29) is 5.91 Å². The van der Waals surface area contributed by atoms with Crippen molar-refractivity contribution in [1.29, 1.82) is 0 Å². The van der Waals surface area contributed by atoms with Crippen LogP contribution >= 0.6 is 0 Å². The van der Waals surface area contributed by atoms with Crippen molar-refractivity contribution in [3.8, 4) is 0 Å². The van der Waals surface area contributed by atoms with Crippen LogP contribution in [0.15, 0.2) is 0 Å². The van der Waals surface area contributed by atoms with Gasteiger partial charge in [-0.3, -0.25) is 4.79 Å². The first-order valence-electron chi connectivity index (χ1n) is 4.01. The van der Waals surface area contributed by atoms with Gasteiger partial charge in [0.2, 0.25) is 5.91 Å². The van der Waals surface area contributed by atoms with Crippen molar-refractivity contribution in [2.24, 2.45) is 5.73 Å². The molecule has 66 valence electrons. The fraction of sp³-hybridized carbons (Fsp3) is 0.875. The molecular formula is C8H18N2O. The van der Waals surface area contributed by atoms with E-state index in [2.05, 4.69) is 5.32 Å². The second-order valence-corrected chi connectivity index (χ2v) is 3.52. The van der Waals surface area contributed by atoms with Gasteiger partial charge in [-0.1, -0.05) is 6.92 Å². The molecule has 0 aliphatic heterocycles.